The second kappa shape index (κ2) is 8.84. The average Bonchev–Trinajstić information content (AvgIpc) is 0.918. The summed E-state index contributed by atoms with van der Waals surface area (Å²) >= 11 is 1.44. The monoisotopic (exact) mass is 307 g/mol. The normalized spacial score (nSPS) is 3.00. The zero-order valence-electron chi connectivity index (χ0n) is 2.10. The van der Waals surface area contributed by atoms with E-state index in [9.17, 15) is 0 Å². The molecule has 0 radical (unpaired) electrons. The van der Waals surface area contributed by atoms with E-state index in [1.165, 1.54) is 38.3 Å². The van der Waals surface area contributed by atoms with Gasteiger partial charge in [-0.1, -0.05) is 0 Å². The van der Waals surface area contributed by atoms with Crippen molar-refractivity contribution in [3.8, 4) is 0 Å². The summed E-state index contributed by atoms with van der Waals surface area (Å²) in [5, 5.41) is 0. The van der Waals surface area contributed by atoms with Crippen molar-refractivity contribution in [2.24, 2.45) is 0 Å². The summed E-state index contributed by atoms with van der Waals surface area (Å²) in [7, 11) is 0. The first-order chi connectivity index (χ1) is 1.41. The van der Waals surface area contributed by atoms with E-state index in [2.05, 4.69) is 6.58 Å². The van der Waals surface area contributed by atoms with Crippen LogP contribution in [0.25, 0.3) is 0 Å². The third kappa shape index (κ3) is 9.19. The van der Waals surface area contributed by atoms with Gasteiger partial charge in [0.1, 0.15) is 0 Å². The number of hydrogen-bond donors (Lipinski definition) is 0. The fraction of sp³-hybridized carbons (Fsp3) is 0. The molecule has 4 heavy (non-hydrogen) atoms. The van der Waals surface area contributed by atoms with E-state index >= 15 is 0 Å². The van der Waals surface area contributed by atoms with Crippen molar-refractivity contribution in [2.75, 3.05) is 0 Å². The second-order valence-corrected chi connectivity index (χ2v) is 1.24. The molecule has 25 valence electrons. The fourth-order valence-corrected chi connectivity index (χ4v) is 0. The zero-order chi connectivity index (χ0) is 2.71. The molecule has 0 saturated carbocycles. The first-order valence-corrected chi connectivity index (χ1v) is 2.16. The van der Waals surface area contributed by atoms with Gasteiger partial charge >= 0.3 is 46.7 Å². The largest absolute Gasteiger partial charge is 0.107 e. The molecule has 0 heterocycles. The van der Waals surface area contributed by atoms with Crippen molar-refractivity contribution in [3.05, 3.63) is 8.37 Å². The molecule has 0 nitrogen and oxygen atoms in total. The molecule has 2 heteroatoms. The van der Waals surface area contributed by atoms with Crippen LogP contribution < -0.4 is 0 Å². The minimum Gasteiger partial charge on any atom is -0.107 e. The van der Waals surface area contributed by atoms with Crippen molar-refractivity contribution in [1.82, 2.24) is 0 Å². The van der Waals surface area contributed by atoms with E-state index in [1.807, 2.05) is 1.79 Å². The SMILES string of the molecule is C=[CH][Sm].I. The van der Waals surface area contributed by atoms with Crippen LogP contribution in [0.5, 0.6) is 0 Å². The van der Waals surface area contributed by atoms with Gasteiger partial charge in [-0.15, -0.1) is 24.0 Å². The molecule has 0 aromatic rings. The van der Waals surface area contributed by atoms with E-state index in [0.29, 0.717) is 0 Å². The molecule has 0 aromatic carbocycles. The first kappa shape index (κ1) is 9.26. The molecular formula is C2H4ISm. The number of hydrogen-bond acceptors (Lipinski definition) is 0. The Bertz CT molecular complexity index is 13.5. The van der Waals surface area contributed by atoms with Crippen LogP contribution >= 0.6 is 24.0 Å². The van der Waals surface area contributed by atoms with Gasteiger partial charge in [-0.2, -0.15) is 0 Å². The Kier molecular flexibility index (Phi) is 20.5. The standard InChI is InChI=1S/C2H3.HI.Sm/c1-2;;/h1H,2H2;1H;. The first-order valence-electron chi connectivity index (χ1n) is 0.644. The molecule has 0 spiro atoms. The van der Waals surface area contributed by atoms with Gasteiger partial charge in [0.25, 0.3) is 0 Å². The van der Waals surface area contributed by atoms with Crippen molar-refractivity contribution >= 4 is 24.0 Å². The van der Waals surface area contributed by atoms with Crippen molar-refractivity contribution in [3.63, 3.8) is 0 Å². The van der Waals surface area contributed by atoms with Gasteiger partial charge < -0.3 is 0 Å². The van der Waals surface area contributed by atoms with Crippen LogP contribution in [0.1, 0.15) is 0 Å². The van der Waals surface area contributed by atoms with Crippen LogP contribution in [-0.4, -0.2) is 0 Å². The molecule has 0 rings (SSSR count). The van der Waals surface area contributed by atoms with Crippen LogP contribution in [0.15, 0.2) is 8.37 Å². The number of halogens is 1. The third-order valence-corrected chi connectivity index (χ3v) is 0. The molecule has 0 saturated heterocycles. The van der Waals surface area contributed by atoms with Crippen LogP contribution in [0.3, 0.4) is 0 Å². The number of rotatable bonds is 0. The molecule has 0 aliphatic carbocycles. The van der Waals surface area contributed by atoms with E-state index < -0.39 is 0 Å². The van der Waals surface area contributed by atoms with Crippen LogP contribution in [0.4, 0.5) is 0 Å². The Labute approximate surface area is 69.3 Å². The van der Waals surface area contributed by atoms with Crippen LogP contribution in [0.2, 0.25) is 0 Å². The molecule has 0 aliphatic rings. The maximum atomic E-state index is 3.40. The van der Waals surface area contributed by atoms with Gasteiger partial charge in [-0.25, -0.2) is 0 Å². The van der Waals surface area contributed by atoms with Gasteiger partial charge in [-0.3, -0.25) is 0 Å². The Morgan fingerprint density at radius 1 is 1.75 bits per heavy atom. The Hall–Kier alpha value is 1.81. The van der Waals surface area contributed by atoms with Crippen molar-refractivity contribution in [2.45, 2.75) is 0 Å². The molecular weight excluding hydrogens is 301 g/mol. The summed E-state index contributed by atoms with van der Waals surface area (Å²) in [6, 6.07) is 0. The summed E-state index contributed by atoms with van der Waals surface area (Å²) in [5.41, 5.74) is 0. The molecule has 0 aliphatic heterocycles. The summed E-state index contributed by atoms with van der Waals surface area (Å²) in [6.07, 6.45) is 0. The maximum absolute atomic E-state index is 3.40. The van der Waals surface area contributed by atoms with Crippen molar-refractivity contribution in [1.29, 1.82) is 0 Å². The Morgan fingerprint density at radius 2 is 1.75 bits per heavy atom. The van der Waals surface area contributed by atoms with Crippen molar-refractivity contribution < 1.29 is 38.3 Å². The Morgan fingerprint density at radius 3 is 1.75 bits per heavy atom. The van der Waals surface area contributed by atoms with Crippen LogP contribution in [-0.2, 0) is 0 Å². The van der Waals surface area contributed by atoms with E-state index in [-0.39, 0.29) is 24.0 Å². The molecule has 0 fully saturated rings. The second-order valence-electron chi connectivity index (χ2n) is 0.167. The van der Waals surface area contributed by atoms with Gasteiger partial charge in [0.15, 0.2) is 0 Å². The topological polar surface area (TPSA) is 0 Å². The molecule has 0 N–H and O–H groups in total. The van der Waals surface area contributed by atoms with Gasteiger partial charge in [0.2, 0.25) is 0 Å². The minimum atomic E-state index is 0. The molecule has 0 aromatic heterocycles. The summed E-state index contributed by atoms with van der Waals surface area (Å²) in [5.74, 6) is 0. The molecule has 0 atom stereocenters. The fourth-order valence-electron chi connectivity index (χ4n) is 0. The van der Waals surface area contributed by atoms with Gasteiger partial charge in [-0.05, 0) is 0 Å². The van der Waals surface area contributed by atoms with Gasteiger partial charge in [0, 0.05) is 0 Å². The molecule has 0 unspecified atom stereocenters. The van der Waals surface area contributed by atoms with Crippen LogP contribution in [0, 0.1) is 38.3 Å². The van der Waals surface area contributed by atoms with Gasteiger partial charge in [0.05, 0.1) is 0 Å². The molecule has 0 amide bonds. The predicted octanol–water partition coefficient (Wildman–Crippen LogP) is 1.30. The van der Waals surface area contributed by atoms with E-state index in [0.717, 1.165) is 0 Å². The average molecular weight is 305 g/mol. The predicted molar refractivity (Wildman–Crippen MR) is 25.6 cm³/mol. The van der Waals surface area contributed by atoms with E-state index in [4.69, 9.17) is 0 Å². The molecule has 0 bridgehead atoms. The third-order valence-electron chi connectivity index (χ3n) is 0. The maximum Gasteiger partial charge on any atom is -0.107 e. The zero-order valence-corrected chi connectivity index (χ0v) is 7.05. The summed E-state index contributed by atoms with van der Waals surface area (Å²) < 4.78 is 1.83. The minimum absolute atomic E-state index is 0. The summed E-state index contributed by atoms with van der Waals surface area (Å²) in [6.45, 7) is 3.40. The summed E-state index contributed by atoms with van der Waals surface area (Å²) in [4.78, 5) is 0. The van der Waals surface area contributed by atoms with E-state index in [1.54, 1.807) is 0 Å². The Balaban J connectivity index is 0. The quantitative estimate of drug-likeness (QED) is 0.592. The smallest absolute Gasteiger partial charge is 0.107 e.